The van der Waals surface area contributed by atoms with Gasteiger partial charge in [-0.1, -0.05) is 89.9 Å². The quantitative estimate of drug-likeness (QED) is 0.222. The second kappa shape index (κ2) is 18.3. The van der Waals surface area contributed by atoms with E-state index in [-0.39, 0.29) is 0 Å². The zero-order chi connectivity index (χ0) is 16.3. The lowest BCUT2D eigenvalue weighted by Gasteiger charge is -2.01. The molecule has 0 aliphatic carbocycles. The van der Waals surface area contributed by atoms with Crippen LogP contribution in [0.25, 0.3) is 0 Å². The van der Waals surface area contributed by atoms with Crippen LogP contribution in [0.2, 0.25) is 0 Å². The Hall–Kier alpha value is -0.720. The summed E-state index contributed by atoms with van der Waals surface area (Å²) in [5, 5.41) is 0. The normalized spacial score (nSPS) is 11.3. The largest absolute Gasteiger partial charge is 0.403 e. The van der Waals surface area contributed by atoms with E-state index in [2.05, 4.69) is 25.7 Å². The molecule has 0 aromatic carbocycles. The lowest BCUT2D eigenvalue weighted by Crippen LogP contribution is -1.93. The molecule has 2 N–H and O–H groups in total. The fourth-order valence-corrected chi connectivity index (χ4v) is 2.78. The van der Waals surface area contributed by atoms with E-state index in [1.165, 1.54) is 96.3 Å². The highest BCUT2D eigenvalue weighted by Crippen LogP contribution is 2.11. The van der Waals surface area contributed by atoms with Gasteiger partial charge in [0.1, 0.15) is 0 Å². The number of allylic oxidation sites excluding steroid dienone is 3. The zero-order valence-electron chi connectivity index (χ0n) is 15.3. The Bertz CT molecular complexity index is 255. The molecule has 130 valence electrons. The number of hydrogen-bond acceptors (Lipinski definition) is 1. The molecule has 0 amide bonds. The van der Waals surface area contributed by atoms with Crippen LogP contribution in [0.3, 0.4) is 0 Å². The Kier molecular flexibility index (Phi) is 17.7. The third-order valence-corrected chi connectivity index (χ3v) is 4.26. The number of unbranched alkanes of at least 4 members (excludes halogenated alkanes) is 13. The summed E-state index contributed by atoms with van der Waals surface area (Å²) in [5.41, 5.74) is 6.40. The molecule has 1 heteroatoms. The maximum atomic E-state index is 5.56. The van der Waals surface area contributed by atoms with Gasteiger partial charge in [-0.15, -0.1) is 0 Å². The lowest BCUT2D eigenvalue weighted by molar-refractivity contribution is 0.580. The highest BCUT2D eigenvalue weighted by molar-refractivity contribution is 4.85. The molecule has 0 unspecified atom stereocenters. The van der Waals surface area contributed by atoms with E-state index < -0.39 is 0 Å². The van der Waals surface area contributed by atoms with Crippen LogP contribution in [-0.4, -0.2) is 0 Å². The molecule has 0 saturated carbocycles. The van der Waals surface area contributed by atoms with Crippen LogP contribution in [0.1, 0.15) is 110 Å². The predicted octanol–water partition coefficient (Wildman–Crippen LogP) is 7.28. The molecule has 0 fully saturated rings. The molecule has 0 radical (unpaired) electrons. The highest BCUT2D eigenvalue weighted by Gasteiger charge is 1.92. The average Bonchev–Trinajstić information content (AvgIpc) is 2.50. The minimum absolute atomic E-state index is 0.841. The summed E-state index contributed by atoms with van der Waals surface area (Å²) in [6.45, 7) is 6.02. The molecule has 0 saturated heterocycles. The van der Waals surface area contributed by atoms with Gasteiger partial charge in [0.2, 0.25) is 0 Å². The third-order valence-electron chi connectivity index (χ3n) is 4.26. The molecule has 1 nitrogen and oxygen atoms in total. The minimum atomic E-state index is 0.841. The van der Waals surface area contributed by atoms with Crippen molar-refractivity contribution in [1.82, 2.24) is 0 Å². The first-order chi connectivity index (χ1) is 10.8. The van der Waals surface area contributed by atoms with E-state index >= 15 is 0 Å². The highest BCUT2D eigenvalue weighted by atomic mass is 14.5. The molecular weight excluding hydrogens is 266 g/mol. The molecule has 0 atom stereocenters. The molecule has 0 aliphatic rings. The van der Waals surface area contributed by atoms with Gasteiger partial charge in [-0.05, 0) is 38.5 Å². The van der Waals surface area contributed by atoms with E-state index in [1.807, 2.05) is 0 Å². The predicted molar refractivity (Wildman–Crippen MR) is 102 cm³/mol. The maximum absolute atomic E-state index is 5.56. The van der Waals surface area contributed by atoms with E-state index in [4.69, 9.17) is 5.73 Å². The van der Waals surface area contributed by atoms with E-state index in [0.717, 1.165) is 12.1 Å². The number of nitrogens with two attached hydrogens (primary N) is 1. The molecule has 0 rings (SSSR count). The van der Waals surface area contributed by atoms with Crippen LogP contribution >= 0.6 is 0 Å². The smallest absolute Gasteiger partial charge is 0.000744 e. The van der Waals surface area contributed by atoms with Crippen LogP contribution in [0.15, 0.2) is 24.4 Å². The molecule has 22 heavy (non-hydrogen) atoms. The van der Waals surface area contributed by atoms with Crippen molar-refractivity contribution in [3.63, 3.8) is 0 Å². The van der Waals surface area contributed by atoms with Crippen LogP contribution in [0.5, 0.6) is 0 Å². The van der Waals surface area contributed by atoms with Crippen molar-refractivity contribution in [2.75, 3.05) is 0 Å². The first-order valence-electron chi connectivity index (χ1n) is 9.85. The van der Waals surface area contributed by atoms with Gasteiger partial charge < -0.3 is 5.73 Å². The van der Waals surface area contributed by atoms with Gasteiger partial charge in [-0.2, -0.15) is 0 Å². The summed E-state index contributed by atoms with van der Waals surface area (Å²) in [5.74, 6) is 0. The molecule has 0 spiro atoms. The molecule has 0 aromatic rings. The van der Waals surface area contributed by atoms with Crippen molar-refractivity contribution in [1.29, 1.82) is 0 Å². The second-order valence-corrected chi connectivity index (χ2v) is 6.70. The Balaban J connectivity index is 3.06. The van der Waals surface area contributed by atoms with Crippen molar-refractivity contribution in [3.8, 4) is 0 Å². The maximum Gasteiger partial charge on any atom is 0.000744 e. The molecule has 0 aliphatic heterocycles. The fraction of sp³-hybridized carbons (Fsp3) is 0.810. The number of hydrogen-bond donors (Lipinski definition) is 1. The van der Waals surface area contributed by atoms with Gasteiger partial charge in [0, 0.05) is 5.70 Å². The summed E-state index contributed by atoms with van der Waals surface area (Å²) in [7, 11) is 0. The summed E-state index contributed by atoms with van der Waals surface area (Å²) in [6.07, 6.45) is 26.3. The van der Waals surface area contributed by atoms with Gasteiger partial charge in [-0.3, -0.25) is 0 Å². The second-order valence-electron chi connectivity index (χ2n) is 6.70. The van der Waals surface area contributed by atoms with Gasteiger partial charge >= 0.3 is 0 Å². The van der Waals surface area contributed by atoms with Crippen molar-refractivity contribution in [2.24, 2.45) is 5.73 Å². The van der Waals surface area contributed by atoms with E-state index in [0.29, 0.717) is 0 Å². The third kappa shape index (κ3) is 19.3. The SMILES string of the molecule is C=C(N)CCCCCCCCCC=CCCCCCCCC. The fourth-order valence-electron chi connectivity index (χ4n) is 2.78. The monoisotopic (exact) mass is 307 g/mol. The minimum Gasteiger partial charge on any atom is -0.403 e. The van der Waals surface area contributed by atoms with Gasteiger partial charge in [0.05, 0.1) is 0 Å². The van der Waals surface area contributed by atoms with Crippen LogP contribution < -0.4 is 5.73 Å². The van der Waals surface area contributed by atoms with Crippen LogP contribution in [0.4, 0.5) is 0 Å². The molecule has 0 bridgehead atoms. The van der Waals surface area contributed by atoms with Gasteiger partial charge in [-0.25, -0.2) is 0 Å². The summed E-state index contributed by atoms with van der Waals surface area (Å²) in [4.78, 5) is 0. The van der Waals surface area contributed by atoms with Crippen LogP contribution in [-0.2, 0) is 0 Å². The van der Waals surface area contributed by atoms with Crippen molar-refractivity contribution in [2.45, 2.75) is 110 Å². The Morgan fingerprint density at radius 3 is 1.55 bits per heavy atom. The topological polar surface area (TPSA) is 26.0 Å². The summed E-state index contributed by atoms with van der Waals surface area (Å²) in [6, 6.07) is 0. The van der Waals surface area contributed by atoms with Gasteiger partial charge in [0.25, 0.3) is 0 Å². The summed E-state index contributed by atoms with van der Waals surface area (Å²) >= 11 is 0. The van der Waals surface area contributed by atoms with E-state index in [9.17, 15) is 0 Å². The first-order valence-corrected chi connectivity index (χ1v) is 9.85. The van der Waals surface area contributed by atoms with Gasteiger partial charge in [0.15, 0.2) is 0 Å². The number of rotatable bonds is 17. The Morgan fingerprint density at radius 2 is 1.09 bits per heavy atom. The van der Waals surface area contributed by atoms with E-state index in [1.54, 1.807) is 0 Å². The molecule has 0 aromatic heterocycles. The van der Waals surface area contributed by atoms with Crippen molar-refractivity contribution in [3.05, 3.63) is 24.4 Å². The van der Waals surface area contributed by atoms with Crippen molar-refractivity contribution < 1.29 is 0 Å². The lowest BCUT2D eigenvalue weighted by atomic mass is 10.1. The Labute approximate surface area is 140 Å². The van der Waals surface area contributed by atoms with Crippen LogP contribution in [0, 0.1) is 0 Å². The zero-order valence-corrected chi connectivity index (χ0v) is 15.3. The standard InChI is InChI=1S/C21H41N/c1-3-4-5-6-7-8-9-10-11-12-13-14-15-16-17-18-19-20-21(2)22/h10-11H,2-9,12-20,22H2,1H3. The average molecular weight is 308 g/mol. The molecule has 0 heterocycles. The Morgan fingerprint density at radius 1 is 0.682 bits per heavy atom. The molecular formula is C21H41N. The van der Waals surface area contributed by atoms with Crippen molar-refractivity contribution >= 4 is 0 Å². The summed E-state index contributed by atoms with van der Waals surface area (Å²) < 4.78 is 0. The first kappa shape index (κ1) is 21.3.